The van der Waals surface area contributed by atoms with Crippen molar-refractivity contribution in [3.05, 3.63) is 82.0 Å². The van der Waals surface area contributed by atoms with E-state index in [1.54, 1.807) is 51.0 Å². The molecule has 5 unspecified atom stereocenters. The fourth-order valence-electron chi connectivity index (χ4n) is 6.98. The Bertz CT molecular complexity index is 2240. The van der Waals surface area contributed by atoms with Gasteiger partial charge < -0.3 is 28.4 Å². The molecule has 0 saturated carbocycles. The summed E-state index contributed by atoms with van der Waals surface area (Å²) in [6.45, 7) is 6.69. The standard InChI is InChI=1S/C42H57N13O12/c1-27(37(57)62-5)17-33(39(59)64-7)53-24-30(45-49-53)21-52(22-31-25-54(50-46-31)34(40(60)65-8)18-28(2)38(58)63-6)23-32-26-55(51-47-32)35(29-13-10-9-11-14-29)19-42(3,4)41(61)67-16-12-15-66-36(56)20-44-48-43/h9-11,13-14,24-28,33-35H,12,15-23H2,1-8H3. The van der Waals surface area contributed by atoms with Gasteiger partial charge in [-0.1, -0.05) is 64.9 Å². The molecule has 25 nitrogen and oxygen atoms in total. The highest BCUT2D eigenvalue weighted by Gasteiger charge is 2.35. The maximum absolute atomic E-state index is 13.4. The summed E-state index contributed by atoms with van der Waals surface area (Å²) in [6, 6.07) is 6.98. The number of methoxy groups -OCH3 is 4. The number of azide groups is 1. The van der Waals surface area contributed by atoms with Crippen LogP contribution in [-0.2, 0) is 76.8 Å². The number of carbonyl (C=O) groups excluding carboxylic acids is 6. The van der Waals surface area contributed by atoms with Crippen LogP contribution in [0.4, 0.5) is 0 Å². The number of hydrogen-bond acceptors (Lipinski definition) is 20. The number of carbonyl (C=O) groups is 6. The Hall–Kier alpha value is -7.27. The van der Waals surface area contributed by atoms with E-state index in [2.05, 4.69) is 41.0 Å². The molecule has 25 heteroatoms. The number of benzene rings is 1. The predicted octanol–water partition coefficient (Wildman–Crippen LogP) is 3.28. The summed E-state index contributed by atoms with van der Waals surface area (Å²) in [5.41, 5.74) is 9.55. The zero-order chi connectivity index (χ0) is 49.1. The Morgan fingerprint density at radius 1 is 0.687 bits per heavy atom. The summed E-state index contributed by atoms with van der Waals surface area (Å²) < 4.78 is 34.6. The van der Waals surface area contributed by atoms with E-state index >= 15 is 0 Å². The monoisotopic (exact) mass is 935 g/mol. The first-order valence-electron chi connectivity index (χ1n) is 21.2. The molecule has 0 aliphatic rings. The van der Waals surface area contributed by atoms with Crippen LogP contribution in [0.25, 0.3) is 10.4 Å². The molecule has 362 valence electrons. The van der Waals surface area contributed by atoms with Crippen molar-refractivity contribution in [3.8, 4) is 0 Å². The average Bonchev–Trinajstić information content (AvgIpc) is 4.12. The minimum atomic E-state index is -1.03. The first-order chi connectivity index (χ1) is 32.0. The molecule has 0 spiro atoms. The van der Waals surface area contributed by atoms with Gasteiger partial charge in [0.2, 0.25) is 0 Å². The fraction of sp³-hybridized carbons (Fsp3) is 0.571. The van der Waals surface area contributed by atoms with Crippen molar-refractivity contribution in [1.82, 2.24) is 49.9 Å². The first kappa shape index (κ1) is 52.4. The lowest BCUT2D eigenvalue weighted by Crippen LogP contribution is -2.31. The third-order valence-electron chi connectivity index (χ3n) is 10.6. The maximum atomic E-state index is 13.4. The molecular formula is C42H57N13O12. The SMILES string of the molecule is COC(=O)C(C)CC(C(=O)OC)n1cc(CN(Cc2cn(C(CC(C)C(=O)OC)C(=O)OC)nn2)Cc2cn(C(CC(C)(C)C(=O)OCCCOC(=O)CN=[N+]=[N-])c3ccccc3)nn2)nn1. The van der Waals surface area contributed by atoms with E-state index in [1.165, 1.54) is 37.8 Å². The Balaban J connectivity index is 1.62. The van der Waals surface area contributed by atoms with Gasteiger partial charge in [-0.05, 0) is 44.2 Å². The van der Waals surface area contributed by atoms with E-state index in [1.807, 2.05) is 35.2 Å². The first-order valence-corrected chi connectivity index (χ1v) is 21.2. The molecule has 0 amide bonds. The second-order valence-corrected chi connectivity index (χ2v) is 16.2. The number of esters is 6. The molecule has 1 aromatic carbocycles. The van der Waals surface area contributed by atoms with E-state index in [4.69, 9.17) is 34.0 Å². The van der Waals surface area contributed by atoms with Crippen molar-refractivity contribution in [2.24, 2.45) is 22.4 Å². The summed E-state index contributed by atoms with van der Waals surface area (Å²) in [6.07, 6.45) is 5.45. The zero-order valence-electron chi connectivity index (χ0n) is 38.8. The minimum Gasteiger partial charge on any atom is -0.469 e. The van der Waals surface area contributed by atoms with Crippen LogP contribution < -0.4 is 0 Å². The Kier molecular flexibility index (Phi) is 19.9. The molecule has 4 rings (SSSR count). The molecule has 5 atom stereocenters. The zero-order valence-corrected chi connectivity index (χ0v) is 38.8. The molecule has 4 aromatic rings. The van der Waals surface area contributed by atoms with Gasteiger partial charge in [-0.3, -0.25) is 24.1 Å². The minimum absolute atomic E-state index is 0.0101. The van der Waals surface area contributed by atoms with E-state index in [0.717, 1.165) is 5.56 Å². The Morgan fingerprint density at radius 2 is 1.13 bits per heavy atom. The number of aromatic nitrogens is 9. The second kappa shape index (κ2) is 25.4. The maximum Gasteiger partial charge on any atom is 0.330 e. The van der Waals surface area contributed by atoms with Crippen LogP contribution in [0.1, 0.15) is 94.1 Å². The highest BCUT2D eigenvalue weighted by atomic mass is 16.6. The van der Waals surface area contributed by atoms with Crippen LogP contribution in [0.2, 0.25) is 0 Å². The van der Waals surface area contributed by atoms with E-state index < -0.39 is 77.7 Å². The largest absolute Gasteiger partial charge is 0.469 e. The Morgan fingerprint density at radius 3 is 1.60 bits per heavy atom. The van der Waals surface area contributed by atoms with Gasteiger partial charge in [-0.2, -0.15) is 0 Å². The molecule has 3 aromatic heterocycles. The van der Waals surface area contributed by atoms with Crippen LogP contribution in [-0.4, -0.2) is 134 Å². The van der Waals surface area contributed by atoms with Crippen LogP contribution in [0.5, 0.6) is 0 Å². The summed E-state index contributed by atoms with van der Waals surface area (Å²) >= 11 is 0. The van der Waals surface area contributed by atoms with Crippen molar-refractivity contribution in [2.45, 2.75) is 91.1 Å². The Labute approximate surface area is 385 Å². The van der Waals surface area contributed by atoms with Gasteiger partial charge in [0.15, 0.2) is 12.1 Å². The summed E-state index contributed by atoms with van der Waals surface area (Å²) in [5, 5.41) is 29.3. The molecule has 0 aliphatic heterocycles. The lowest BCUT2D eigenvalue weighted by atomic mass is 9.83. The molecule has 0 aliphatic carbocycles. The van der Waals surface area contributed by atoms with Gasteiger partial charge in [0, 0.05) is 31.0 Å². The van der Waals surface area contributed by atoms with Crippen LogP contribution >= 0.6 is 0 Å². The number of ether oxygens (including phenoxy) is 6. The second-order valence-electron chi connectivity index (χ2n) is 16.2. The molecule has 0 bridgehead atoms. The summed E-state index contributed by atoms with van der Waals surface area (Å²) in [7, 11) is 4.98. The van der Waals surface area contributed by atoms with E-state index in [-0.39, 0.29) is 58.5 Å². The van der Waals surface area contributed by atoms with Crippen molar-refractivity contribution in [2.75, 3.05) is 48.2 Å². The summed E-state index contributed by atoms with van der Waals surface area (Å²) in [5.74, 6) is -4.78. The van der Waals surface area contributed by atoms with Crippen molar-refractivity contribution >= 4 is 35.8 Å². The number of hydrogen-bond donors (Lipinski definition) is 0. The van der Waals surface area contributed by atoms with Gasteiger partial charge in [0.05, 0.1) is 101 Å². The third kappa shape index (κ3) is 15.4. The van der Waals surface area contributed by atoms with Crippen molar-refractivity contribution in [1.29, 1.82) is 0 Å². The van der Waals surface area contributed by atoms with Gasteiger partial charge in [-0.25, -0.2) is 23.6 Å². The third-order valence-corrected chi connectivity index (χ3v) is 10.6. The molecule has 0 radical (unpaired) electrons. The lowest BCUT2D eigenvalue weighted by Gasteiger charge is -2.28. The van der Waals surface area contributed by atoms with Crippen LogP contribution in [0.3, 0.4) is 0 Å². The van der Waals surface area contributed by atoms with E-state index in [9.17, 15) is 28.8 Å². The molecule has 0 fully saturated rings. The highest BCUT2D eigenvalue weighted by molar-refractivity contribution is 5.78. The van der Waals surface area contributed by atoms with Gasteiger partial charge in [-0.15, -0.1) is 15.3 Å². The van der Waals surface area contributed by atoms with Crippen LogP contribution in [0, 0.1) is 17.3 Å². The van der Waals surface area contributed by atoms with Crippen LogP contribution in [0.15, 0.2) is 54.0 Å². The quantitative estimate of drug-likeness (QED) is 0.0207. The molecule has 0 N–H and O–H groups in total. The van der Waals surface area contributed by atoms with Gasteiger partial charge in [0.25, 0.3) is 0 Å². The highest BCUT2D eigenvalue weighted by Crippen LogP contribution is 2.34. The van der Waals surface area contributed by atoms with Crippen molar-refractivity contribution < 1.29 is 57.2 Å². The van der Waals surface area contributed by atoms with Gasteiger partial charge >= 0.3 is 35.8 Å². The number of rotatable bonds is 27. The average molecular weight is 936 g/mol. The number of nitrogens with zero attached hydrogens (tertiary/aromatic N) is 13. The smallest absolute Gasteiger partial charge is 0.330 e. The van der Waals surface area contributed by atoms with E-state index in [0.29, 0.717) is 17.1 Å². The van der Waals surface area contributed by atoms with Gasteiger partial charge in [0.1, 0.15) is 6.54 Å². The molecule has 67 heavy (non-hydrogen) atoms. The fourth-order valence-corrected chi connectivity index (χ4v) is 6.98. The normalized spacial score (nSPS) is 13.6. The topological polar surface area (TPSA) is 302 Å². The molecule has 3 heterocycles. The molecule has 0 saturated heterocycles. The predicted molar refractivity (Wildman–Crippen MR) is 230 cm³/mol. The van der Waals surface area contributed by atoms with Crippen molar-refractivity contribution in [3.63, 3.8) is 0 Å². The summed E-state index contributed by atoms with van der Waals surface area (Å²) in [4.78, 5) is 79.8. The molecular weight excluding hydrogens is 879 g/mol. The lowest BCUT2D eigenvalue weighted by molar-refractivity contribution is -0.155.